The van der Waals surface area contributed by atoms with Gasteiger partial charge in [0, 0.05) is 17.4 Å². The van der Waals surface area contributed by atoms with Gasteiger partial charge in [0.2, 0.25) is 0 Å². The summed E-state index contributed by atoms with van der Waals surface area (Å²) in [4.78, 5) is 11.4. The third-order valence-corrected chi connectivity index (χ3v) is 12.1. The lowest BCUT2D eigenvalue weighted by Gasteiger charge is -2.63. The molecule has 5 rings (SSSR count). The molecule has 1 aromatic rings. The van der Waals surface area contributed by atoms with Crippen molar-refractivity contribution in [1.82, 2.24) is 5.32 Å². The summed E-state index contributed by atoms with van der Waals surface area (Å²) in [6, 6.07) is 3.53. The molecule has 9 unspecified atom stereocenters. The van der Waals surface area contributed by atoms with E-state index in [1.54, 1.807) is 6.26 Å². The van der Waals surface area contributed by atoms with Crippen molar-refractivity contribution in [2.75, 3.05) is 0 Å². The minimum atomic E-state index is -0.784. The van der Waals surface area contributed by atoms with Crippen LogP contribution in [-0.4, -0.2) is 45.5 Å². The van der Waals surface area contributed by atoms with Crippen LogP contribution in [0.1, 0.15) is 113 Å². The molecule has 3 N–H and O–H groups in total. The van der Waals surface area contributed by atoms with Crippen LogP contribution in [0.5, 0.6) is 0 Å². The van der Waals surface area contributed by atoms with Crippen LogP contribution in [-0.2, 0) is 11.2 Å². The molecule has 240 valence electrons. The number of nitrogens with one attached hydrogen (secondary N) is 1. The van der Waals surface area contributed by atoms with Crippen molar-refractivity contribution in [3.8, 4) is 0 Å². The highest BCUT2D eigenvalue weighted by Gasteiger charge is 2.61. The summed E-state index contributed by atoms with van der Waals surface area (Å²) < 4.78 is 11.2. The Bertz CT molecular complexity index is 1080. The average Bonchev–Trinajstić information content (AvgIpc) is 2.97. The van der Waals surface area contributed by atoms with Gasteiger partial charge in [0.25, 0.3) is 0 Å². The largest absolute Gasteiger partial charge is 0.431 e. The minimum Gasteiger partial charge on any atom is -0.431 e. The van der Waals surface area contributed by atoms with E-state index in [-0.39, 0.29) is 51.9 Å². The molecule has 0 amide bonds. The lowest BCUT2D eigenvalue weighted by Crippen LogP contribution is -2.62. The Morgan fingerprint density at radius 3 is 2.40 bits per heavy atom. The minimum absolute atomic E-state index is 0.0118. The molecule has 0 bridgehead atoms. The van der Waals surface area contributed by atoms with Gasteiger partial charge in [-0.1, -0.05) is 60.1 Å². The van der Waals surface area contributed by atoms with E-state index in [4.69, 9.17) is 9.15 Å². The fraction of sp³-hybridized carbons (Fsp3) is 0.800. The van der Waals surface area contributed by atoms with E-state index in [1.807, 2.05) is 40.7 Å². The van der Waals surface area contributed by atoms with Crippen LogP contribution in [0.15, 0.2) is 39.3 Å². The van der Waals surface area contributed by atoms with Crippen molar-refractivity contribution in [2.24, 2.45) is 28.6 Å². The second kappa shape index (κ2) is 14.3. The Hall–Kier alpha value is -1.12. The van der Waals surface area contributed by atoms with Crippen LogP contribution in [0, 0.1) is 28.6 Å². The van der Waals surface area contributed by atoms with Crippen molar-refractivity contribution in [3.63, 3.8) is 0 Å². The number of thiol groups is 1. The summed E-state index contributed by atoms with van der Waals surface area (Å²) in [5.74, 6) is 0.952. The van der Waals surface area contributed by atoms with Gasteiger partial charge in [-0.25, -0.2) is 4.79 Å². The average molecular weight is 606 g/mol. The predicted molar refractivity (Wildman–Crippen MR) is 175 cm³/mol. The monoisotopic (exact) mass is 605 g/mol. The highest BCUT2D eigenvalue weighted by Crippen LogP contribution is 2.64. The maximum atomic E-state index is 12.3. The van der Waals surface area contributed by atoms with E-state index >= 15 is 0 Å². The van der Waals surface area contributed by atoms with Gasteiger partial charge in [0.15, 0.2) is 0 Å². The van der Waals surface area contributed by atoms with Gasteiger partial charge in [-0.05, 0) is 105 Å². The first-order valence-electron chi connectivity index (χ1n) is 16.6. The van der Waals surface area contributed by atoms with Gasteiger partial charge in [0.1, 0.15) is 6.23 Å². The van der Waals surface area contributed by atoms with E-state index in [0.717, 1.165) is 50.5 Å². The molecule has 2 saturated carbocycles. The van der Waals surface area contributed by atoms with E-state index in [9.17, 15) is 15.0 Å². The molecule has 0 radical (unpaired) electrons. The molecular formula is C35H59NO5S. The Kier molecular flexibility index (Phi) is 12.1. The SMILES string of the molecule is CC.CC.CC(Cc1ccc(=O)oc1)C1(C)CCC2C(CCC3=CC(NC4O[C@@H](C)C(S)C[C@H]4O)CCC32C)C1(C)O. The topological polar surface area (TPSA) is 91.9 Å². The number of ether oxygens (including phenoxy) is 1. The van der Waals surface area contributed by atoms with Gasteiger partial charge in [-0.15, -0.1) is 0 Å². The summed E-state index contributed by atoms with van der Waals surface area (Å²) in [6.07, 6.45) is 10.7. The zero-order valence-electron chi connectivity index (χ0n) is 27.7. The molecule has 3 aliphatic carbocycles. The molecule has 7 heteroatoms. The molecule has 0 spiro atoms. The zero-order chi connectivity index (χ0) is 31.5. The smallest absolute Gasteiger partial charge is 0.335 e. The molecule has 3 fully saturated rings. The van der Waals surface area contributed by atoms with E-state index in [0.29, 0.717) is 12.3 Å². The number of hydrogen-bond donors (Lipinski definition) is 4. The Labute approximate surface area is 260 Å². The number of rotatable bonds is 5. The van der Waals surface area contributed by atoms with Crippen molar-refractivity contribution in [3.05, 3.63) is 46.0 Å². The van der Waals surface area contributed by atoms with Crippen LogP contribution >= 0.6 is 12.6 Å². The predicted octanol–water partition coefficient (Wildman–Crippen LogP) is 6.93. The van der Waals surface area contributed by atoms with Gasteiger partial charge in [-0.3, -0.25) is 5.32 Å². The van der Waals surface area contributed by atoms with Crippen molar-refractivity contribution in [1.29, 1.82) is 0 Å². The lowest BCUT2D eigenvalue weighted by atomic mass is 9.44. The summed E-state index contributed by atoms with van der Waals surface area (Å²) in [7, 11) is 0. The summed E-state index contributed by atoms with van der Waals surface area (Å²) >= 11 is 4.54. The van der Waals surface area contributed by atoms with Crippen LogP contribution in [0.25, 0.3) is 0 Å². The van der Waals surface area contributed by atoms with Gasteiger partial charge < -0.3 is 19.4 Å². The standard InChI is InChI=1S/C31H47NO5S.2C2H6/c1-18(14-20-6-9-27(34)36-17-20)30(4)13-11-23-24(31(30,5)35)8-7-21-15-22(10-12-29(21,23)3)32-28-25(33)16-26(38)19(2)37-28;2*1-2/h6,9,15,17-19,22-26,28,32-33,35,38H,7-8,10-14,16H2,1-5H3;2*1-2H3/t18?,19-,22?,23?,24?,25+,26?,28?,29?,30?,31?;;/m0../s1. The van der Waals surface area contributed by atoms with Gasteiger partial charge >= 0.3 is 5.63 Å². The quantitative estimate of drug-likeness (QED) is 0.215. The van der Waals surface area contributed by atoms with Crippen LogP contribution in [0.3, 0.4) is 0 Å². The molecule has 1 aliphatic heterocycles. The molecule has 2 heterocycles. The first kappa shape index (κ1) is 35.4. The number of aliphatic hydroxyl groups excluding tert-OH is 1. The van der Waals surface area contributed by atoms with Crippen molar-refractivity contribution < 1.29 is 19.4 Å². The van der Waals surface area contributed by atoms with Crippen LogP contribution in [0.2, 0.25) is 0 Å². The second-order valence-corrected chi connectivity index (χ2v) is 14.1. The molecule has 11 atom stereocenters. The van der Waals surface area contributed by atoms with Crippen molar-refractivity contribution >= 4 is 12.6 Å². The molecule has 1 aromatic heterocycles. The number of hydrogen-bond acceptors (Lipinski definition) is 7. The highest BCUT2D eigenvalue weighted by atomic mass is 32.1. The van der Waals surface area contributed by atoms with E-state index in [1.165, 1.54) is 11.6 Å². The fourth-order valence-corrected chi connectivity index (χ4v) is 8.79. The highest BCUT2D eigenvalue weighted by molar-refractivity contribution is 7.81. The normalized spacial score (nSPS) is 41.9. The Balaban J connectivity index is 0.00000116. The summed E-state index contributed by atoms with van der Waals surface area (Å²) in [6.45, 7) is 19.1. The molecule has 4 aliphatic rings. The summed E-state index contributed by atoms with van der Waals surface area (Å²) in [5, 5.41) is 26.5. The Morgan fingerprint density at radius 2 is 1.76 bits per heavy atom. The molecule has 6 nitrogen and oxygen atoms in total. The first-order valence-corrected chi connectivity index (χ1v) is 17.2. The van der Waals surface area contributed by atoms with E-state index in [2.05, 4.69) is 51.7 Å². The van der Waals surface area contributed by atoms with Crippen LogP contribution in [0.4, 0.5) is 0 Å². The van der Waals surface area contributed by atoms with Gasteiger partial charge in [-0.2, -0.15) is 12.6 Å². The zero-order valence-corrected chi connectivity index (χ0v) is 28.5. The Morgan fingerprint density at radius 1 is 1.07 bits per heavy atom. The maximum Gasteiger partial charge on any atom is 0.335 e. The number of aliphatic hydroxyl groups is 2. The third-order valence-electron chi connectivity index (χ3n) is 11.5. The van der Waals surface area contributed by atoms with Gasteiger partial charge in [0.05, 0.1) is 24.1 Å². The van der Waals surface area contributed by atoms with E-state index < -0.39 is 11.7 Å². The number of allylic oxidation sites excluding steroid dienone is 1. The molecular weight excluding hydrogens is 546 g/mol. The second-order valence-electron chi connectivity index (χ2n) is 13.5. The third kappa shape index (κ3) is 6.75. The lowest BCUT2D eigenvalue weighted by molar-refractivity contribution is -0.197. The fourth-order valence-electron chi connectivity index (χ4n) is 8.50. The maximum absolute atomic E-state index is 12.3. The first-order chi connectivity index (χ1) is 19.8. The van der Waals surface area contributed by atoms with Crippen LogP contribution < -0.4 is 10.9 Å². The van der Waals surface area contributed by atoms with Crippen molar-refractivity contribution in [2.45, 2.75) is 149 Å². The molecule has 0 aromatic carbocycles. The summed E-state index contributed by atoms with van der Waals surface area (Å²) in [5.41, 5.74) is 1.28. The number of fused-ring (bicyclic) bond motifs is 3. The molecule has 1 saturated heterocycles. The molecule has 42 heavy (non-hydrogen) atoms.